The Morgan fingerprint density at radius 1 is 1.10 bits per heavy atom. The van der Waals surface area contributed by atoms with Gasteiger partial charge >= 0.3 is 0 Å². The number of hydrogen-bond acceptors (Lipinski definition) is 4. The maximum absolute atomic E-state index is 12.6. The molecule has 0 radical (unpaired) electrons. The van der Waals surface area contributed by atoms with Crippen molar-refractivity contribution in [3.05, 3.63) is 105 Å². The lowest BCUT2D eigenvalue weighted by Crippen LogP contribution is -2.15. The van der Waals surface area contributed by atoms with Crippen molar-refractivity contribution < 1.29 is 4.79 Å². The highest BCUT2D eigenvalue weighted by molar-refractivity contribution is 9.10. The van der Waals surface area contributed by atoms with Crippen LogP contribution in [0.1, 0.15) is 21.6 Å². The average Bonchev–Trinajstić information content (AvgIpc) is 2.73. The molecule has 0 bridgehead atoms. The number of aromatic nitrogens is 2. The van der Waals surface area contributed by atoms with Crippen LogP contribution in [0.2, 0.25) is 0 Å². The Kier molecular flexibility index (Phi) is 6.01. The van der Waals surface area contributed by atoms with Gasteiger partial charge in [-0.25, -0.2) is 4.98 Å². The van der Waals surface area contributed by atoms with E-state index in [9.17, 15) is 9.59 Å². The Morgan fingerprint density at radius 3 is 2.67 bits per heavy atom. The second-order valence-electron chi connectivity index (χ2n) is 6.76. The van der Waals surface area contributed by atoms with Crippen LogP contribution in [0.3, 0.4) is 0 Å². The molecule has 5 nitrogen and oxygen atoms in total. The van der Waals surface area contributed by atoms with Gasteiger partial charge in [0.15, 0.2) is 0 Å². The van der Waals surface area contributed by atoms with Crippen molar-refractivity contribution in [2.75, 3.05) is 5.32 Å². The van der Waals surface area contributed by atoms with Crippen LogP contribution >= 0.6 is 27.7 Å². The zero-order valence-electron chi connectivity index (χ0n) is 16.1. The minimum absolute atomic E-state index is 0.104. The lowest BCUT2D eigenvalue weighted by molar-refractivity contribution is 0.102. The van der Waals surface area contributed by atoms with Crippen LogP contribution in [0.15, 0.2) is 87.1 Å². The molecule has 7 heteroatoms. The first kappa shape index (κ1) is 20.4. The van der Waals surface area contributed by atoms with Crippen molar-refractivity contribution in [3.63, 3.8) is 0 Å². The van der Waals surface area contributed by atoms with Crippen LogP contribution in [0.4, 0.5) is 5.69 Å². The molecule has 150 valence electrons. The molecule has 0 aliphatic carbocycles. The highest BCUT2D eigenvalue weighted by Gasteiger charge is 2.10. The number of rotatable bonds is 5. The van der Waals surface area contributed by atoms with Gasteiger partial charge in [0.05, 0.1) is 11.4 Å². The van der Waals surface area contributed by atoms with Gasteiger partial charge in [0.1, 0.15) is 5.65 Å². The molecule has 0 saturated heterocycles. The minimum atomic E-state index is -0.173. The van der Waals surface area contributed by atoms with Crippen molar-refractivity contribution in [2.24, 2.45) is 0 Å². The predicted octanol–water partition coefficient (Wildman–Crippen LogP) is 5.31. The van der Waals surface area contributed by atoms with E-state index in [1.165, 1.54) is 16.2 Å². The molecule has 1 N–H and O–H groups in total. The van der Waals surface area contributed by atoms with Gasteiger partial charge in [-0.2, -0.15) is 0 Å². The average molecular weight is 480 g/mol. The smallest absolute Gasteiger partial charge is 0.258 e. The summed E-state index contributed by atoms with van der Waals surface area (Å²) in [6.07, 6.45) is 1.74. The number of carbonyl (C=O) groups is 1. The summed E-state index contributed by atoms with van der Waals surface area (Å²) in [4.78, 5) is 30.5. The molecule has 0 unspecified atom stereocenters. The van der Waals surface area contributed by atoms with Gasteiger partial charge in [0, 0.05) is 32.9 Å². The van der Waals surface area contributed by atoms with E-state index in [2.05, 4.69) is 26.2 Å². The predicted molar refractivity (Wildman–Crippen MR) is 124 cm³/mol. The van der Waals surface area contributed by atoms with Crippen LogP contribution in [0.25, 0.3) is 5.65 Å². The van der Waals surface area contributed by atoms with Crippen LogP contribution in [-0.2, 0) is 5.75 Å². The fourth-order valence-electron chi connectivity index (χ4n) is 2.97. The van der Waals surface area contributed by atoms with E-state index < -0.39 is 0 Å². The zero-order chi connectivity index (χ0) is 21.1. The number of nitrogens with one attached hydrogen (secondary N) is 1. The number of nitrogens with zero attached hydrogens (tertiary/aromatic N) is 2. The summed E-state index contributed by atoms with van der Waals surface area (Å²) in [7, 11) is 0. The third-order valence-electron chi connectivity index (χ3n) is 4.49. The van der Waals surface area contributed by atoms with E-state index in [0.29, 0.717) is 22.7 Å². The molecule has 0 aliphatic rings. The summed E-state index contributed by atoms with van der Waals surface area (Å²) in [5, 5.41) is 2.97. The summed E-state index contributed by atoms with van der Waals surface area (Å²) in [5.74, 6) is 0.346. The second kappa shape index (κ2) is 8.85. The van der Waals surface area contributed by atoms with Gasteiger partial charge < -0.3 is 5.32 Å². The first-order valence-corrected chi connectivity index (χ1v) is 11.1. The molecule has 0 saturated carbocycles. The molecule has 0 aliphatic heterocycles. The Balaban J connectivity index is 1.53. The summed E-state index contributed by atoms with van der Waals surface area (Å²) in [6.45, 7) is 1.97. The standard InChI is InChI=1S/C23H18BrN3O2S/c1-15-10-11-27-21(12-15)25-18(13-22(27)28)14-30-20-5-3-2-4-19(20)26-23(29)16-6-8-17(24)9-7-16/h2-13H,14H2,1H3,(H,26,29). The number of fused-ring (bicyclic) bond motifs is 1. The molecular weight excluding hydrogens is 462 g/mol. The third kappa shape index (κ3) is 4.63. The van der Waals surface area contributed by atoms with Crippen LogP contribution in [-0.4, -0.2) is 15.3 Å². The maximum Gasteiger partial charge on any atom is 0.258 e. The summed E-state index contributed by atoms with van der Waals surface area (Å²) < 4.78 is 2.46. The van der Waals surface area contributed by atoms with E-state index in [1.807, 2.05) is 55.5 Å². The number of thioether (sulfide) groups is 1. The van der Waals surface area contributed by atoms with Gasteiger partial charge in [0.25, 0.3) is 11.5 Å². The quantitative estimate of drug-likeness (QED) is 0.394. The molecule has 0 spiro atoms. The monoisotopic (exact) mass is 479 g/mol. The number of hydrogen-bond donors (Lipinski definition) is 1. The van der Waals surface area contributed by atoms with E-state index in [1.54, 1.807) is 24.4 Å². The Morgan fingerprint density at radius 2 is 1.87 bits per heavy atom. The van der Waals surface area contributed by atoms with Crippen molar-refractivity contribution in [3.8, 4) is 0 Å². The number of amides is 1. The van der Waals surface area contributed by atoms with Gasteiger partial charge in [-0.15, -0.1) is 11.8 Å². The first-order valence-electron chi connectivity index (χ1n) is 9.27. The van der Waals surface area contributed by atoms with E-state index in [-0.39, 0.29) is 11.5 Å². The largest absolute Gasteiger partial charge is 0.321 e. The van der Waals surface area contributed by atoms with Gasteiger partial charge in [-0.05, 0) is 61.0 Å². The minimum Gasteiger partial charge on any atom is -0.321 e. The molecular formula is C23H18BrN3O2S. The number of aryl methyl sites for hydroxylation is 1. The lowest BCUT2D eigenvalue weighted by Gasteiger charge is -2.11. The van der Waals surface area contributed by atoms with Crippen molar-refractivity contribution in [1.29, 1.82) is 0 Å². The maximum atomic E-state index is 12.6. The third-order valence-corrected chi connectivity index (χ3v) is 6.13. The molecule has 2 aromatic carbocycles. The molecule has 4 rings (SSSR count). The Bertz CT molecular complexity index is 1290. The normalized spacial score (nSPS) is 10.9. The molecule has 2 heterocycles. The Hall–Kier alpha value is -2.90. The van der Waals surface area contributed by atoms with Crippen LogP contribution in [0.5, 0.6) is 0 Å². The highest BCUT2D eigenvalue weighted by Crippen LogP contribution is 2.29. The second-order valence-corrected chi connectivity index (χ2v) is 8.70. The molecule has 4 aromatic rings. The molecule has 0 fully saturated rings. The fourth-order valence-corrected chi connectivity index (χ4v) is 4.14. The van der Waals surface area contributed by atoms with Gasteiger partial charge in [0.2, 0.25) is 0 Å². The number of benzene rings is 2. The zero-order valence-corrected chi connectivity index (χ0v) is 18.5. The van der Waals surface area contributed by atoms with Gasteiger partial charge in [-0.3, -0.25) is 14.0 Å². The van der Waals surface area contributed by atoms with E-state index in [0.717, 1.165) is 20.6 Å². The fraction of sp³-hybridized carbons (Fsp3) is 0.0870. The van der Waals surface area contributed by atoms with Crippen LogP contribution < -0.4 is 10.9 Å². The number of carbonyl (C=O) groups excluding carboxylic acids is 1. The summed E-state index contributed by atoms with van der Waals surface area (Å²) in [5.41, 5.74) is 3.58. The molecule has 0 atom stereocenters. The van der Waals surface area contributed by atoms with Crippen molar-refractivity contribution in [2.45, 2.75) is 17.6 Å². The number of halogens is 1. The van der Waals surface area contributed by atoms with E-state index >= 15 is 0 Å². The summed E-state index contributed by atoms with van der Waals surface area (Å²) >= 11 is 4.90. The van der Waals surface area contributed by atoms with Crippen molar-refractivity contribution in [1.82, 2.24) is 9.38 Å². The number of pyridine rings is 1. The topological polar surface area (TPSA) is 63.5 Å². The van der Waals surface area contributed by atoms with E-state index in [4.69, 9.17) is 0 Å². The van der Waals surface area contributed by atoms with Crippen molar-refractivity contribution >= 4 is 44.9 Å². The number of anilines is 1. The SMILES string of the molecule is Cc1ccn2c(=O)cc(CSc3ccccc3NC(=O)c3ccc(Br)cc3)nc2c1. The lowest BCUT2D eigenvalue weighted by atomic mass is 10.2. The molecule has 30 heavy (non-hydrogen) atoms. The number of para-hydroxylation sites is 1. The first-order chi connectivity index (χ1) is 14.5. The summed E-state index contributed by atoms with van der Waals surface area (Å²) in [6, 6.07) is 20.1. The molecule has 1 amide bonds. The highest BCUT2D eigenvalue weighted by atomic mass is 79.9. The Labute approximate surface area is 186 Å². The van der Waals surface area contributed by atoms with Crippen LogP contribution in [0, 0.1) is 6.92 Å². The molecule has 2 aromatic heterocycles. The van der Waals surface area contributed by atoms with Gasteiger partial charge in [-0.1, -0.05) is 28.1 Å².